The van der Waals surface area contributed by atoms with E-state index in [9.17, 15) is 14.4 Å². The molecule has 0 saturated carbocycles. The monoisotopic (exact) mass is 605 g/mol. The first-order valence-corrected chi connectivity index (χ1v) is 16.4. The van der Waals surface area contributed by atoms with E-state index < -0.39 is 0 Å². The molecule has 2 aliphatic heterocycles. The van der Waals surface area contributed by atoms with Crippen LogP contribution in [0, 0.1) is 23.0 Å². The van der Waals surface area contributed by atoms with E-state index in [-0.39, 0.29) is 29.9 Å². The number of thioether (sulfide) groups is 1. The molecule has 5 nitrogen and oxygen atoms in total. The van der Waals surface area contributed by atoms with E-state index in [1.165, 1.54) is 13.0 Å². The molecular formula is C35H41F2N3O2S. The highest BCUT2D eigenvalue weighted by molar-refractivity contribution is 7.99. The zero-order valence-corrected chi connectivity index (χ0v) is 26.1. The van der Waals surface area contributed by atoms with E-state index in [1.807, 2.05) is 30.8 Å². The SMILES string of the molecule is CCc1c(OCc2ccccc2F)cccc1C(C)=O.CSC1CCN(c2ccc(C#N)c(C3CCNCC3)c2F)CC1. The Labute approximate surface area is 258 Å². The lowest BCUT2D eigenvalue weighted by molar-refractivity contribution is 0.101. The third-order valence-electron chi connectivity index (χ3n) is 8.35. The van der Waals surface area contributed by atoms with Crippen LogP contribution in [0.15, 0.2) is 54.6 Å². The summed E-state index contributed by atoms with van der Waals surface area (Å²) in [7, 11) is 0. The van der Waals surface area contributed by atoms with Gasteiger partial charge in [-0.25, -0.2) is 8.78 Å². The van der Waals surface area contributed by atoms with Crippen molar-refractivity contribution in [3.8, 4) is 11.8 Å². The van der Waals surface area contributed by atoms with Crippen molar-refractivity contribution in [1.82, 2.24) is 5.32 Å². The lowest BCUT2D eigenvalue weighted by Crippen LogP contribution is -2.35. The predicted octanol–water partition coefficient (Wildman–Crippen LogP) is 7.67. The summed E-state index contributed by atoms with van der Waals surface area (Å²) in [5.41, 5.74) is 3.89. The van der Waals surface area contributed by atoms with Crippen LogP contribution in [0.5, 0.6) is 5.75 Å². The van der Waals surface area contributed by atoms with Gasteiger partial charge in [0.15, 0.2) is 11.6 Å². The van der Waals surface area contributed by atoms with Gasteiger partial charge in [0.1, 0.15) is 18.2 Å². The number of carbonyl (C=O) groups excluding carboxylic acids is 1. The Morgan fingerprint density at radius 3 is 2.40 bits per heavy atom. The smallest absolute Gasteiger partial charge is 0.160 e. The van der Waals surface area contributed by atoms with E-state index >= 15 is 4.39 Å². The molecule has 0 atom stereocenters. The van der Waals surface area contributed by atoms with E-state index in [2.05, 4.69) is 22.5 Å². The van der Waals surface area contributed by atoms with Crippen LogP contribution in [0.4, 0.5) is 14.5 Å². The number of halogens is 2. The Morgan fingerprint density at radius 2 is 1.77 bits per heavy atom. The normalized spacial score (nSPS) is 15.8. The van der Waals surface area contributed by atoms with Crippen LogP contribution in [-0.4, -0.2) is 43.5 Å². The molecule has 0 aromatic heterocycles. The lowest BCUT2D eigenvalue weighted by Gasteiger charge is -2.34. The van der Waals surface area contributed by atoms with Crippen molar-refractivity contribution < 1.29 is 18.3 Å². The van der Waals surface area contributed by atoms with E-state index in [0.29, 0.717) is 45.4 Å². The summed E-state index contributed by atoms with van der Waals surface area (Å²) in [6.07, 6.45) is 6.86. The molecule has 3 aromatic carbocycles. The number of carbonyl (C=O) groups is 1. The third-order valence-corrected chi connectivity index (χ3v) is 9.49. The van der Waals surface area contributed by atoms with Crippen molar-refractivity contribution in [1.29, 1.82) is 5.26 Å². The van der Waals surface area contributed by atoms with E-state index in [0.717, 1.165) is 57.4 Å². The van der Waals surface area contributed by atoms with Gasteiger partial charge in [0.05, 0.1) is 17.3 Å². The molecule has 0 amide bonds. The molecule has 3 aromatic rings. The van der Waals surface area contributed by atoms with Crippen molar-refractivity contribution in [3.05, 3.63) is 94.0 Å². The molecule has 2 heterocycles. The average Bonchev–Trinajstić information content (AvgIpc) is 3.04. The standard InChI is InChI=1S/C18H24FN3S.C17H17FO2/c1-23-15-6-10-22(11-7-15)16-3-2-14(12-20)17(18(16)19)13-4-8-21-9-5-13;1-3-14-15(12(2)19)8-6-10-17(14)20-11-13-7-4-5-9-16(13)18/h2-3,13,15,21H,4-11H2,1H3;4-10H,3,11H2,1-2H3. The van der Waals surface area contributed by atoms with Crippen LogP contribution in [0.1, 0.15) is 78.1 Å². The zero-order chi connectivity index (χ0) is 30.8. The molecule has 0 spiro atoms. The van der Waals surface area contributed by atoms with Crippen LogP contribution in [0.25, 0.3) is 0 Å². The number of ketones is 1. The summed E-state index contributed by atoms with van der Waals surface area (Å²) in [6, 6.07) is 17.7. The number of hydrogen-bond acceptors (Lipinski definition) is 6. The molecule has 228 valence electrons. The Hall–Kier alpha value is -3.41. The molecule has 2 fully saturated rings. The molecule has 2 aliphatic rings. The molecule has 0 aliphatic carbocycles. The first kappa shape index (κ1) is 32.5. The molecule has 0 unspecified atom stereocenters. The van der Waals surface area contributed by atoms with Gasteiger partial charge in [-0.2, -0.15) is 17.0 Å². The van der Waals surface area contributed by atoms with E-state index in [1.54, 1.807) is 36.4 Å². The van der Waals surface area contributed by atoms with Gasteiger partial charge < -0.3 is 15.0 Å². The van der Waals surface area contributed by atoms with Crippen LogP contribution in [-0.2, 0) is 13.0 Å². The summed E-state index contributed by atoms with van der Waals surface area (Å²) in [4.78, 5) is 13.8. The minimum Gasteiger partial charge on any atom is -0.488 e. The maximum Gasteiger partial charge on any atom is 0.160 e. The molecular weight excluding hydrogens is 564 g/mol. The minimum absolute atomic E-state index is 0.0122. The first-order valence-electron chi connectivity index (χ1n) is 15.1. The molecule has 0 bridgehead atoms. The summed E-state index contributed by atoms with van der Waals surface area (Å²) in [5, 5.41) is 13.4. The number of piperidine rings is 2. The number of hydrogen-bond donors (Lipinski definition) is 1. The van der Waals surface area contributed by atoms with E-state index in [4.69, 9.17) is 4.74 Å². The van der Waals surface area contributed by atoms with Gasteiger partial charge in [0.25, 0.3) is 0 Å². The van der Waals surface area contributed by atoms with Crippen molar-refractivity contribution in [3.63, 3.8) is 0 Å². The maximum absolute atomic E-state index is 15.2. The van der Waals surface area contributed by atoms with Gasteiger partial charge in [0, 0.05) is 40.6 Å². The molecule has 2 saturated heterocycles. The van der Waals surface area contributed by atoms with Gasteiger partial charge in [0.2, 0.25) is 0 Å². The molecule has 43 heavy (non-hydrogen) atoms. The minimum atomic E-state index is -0.284. The fourth-order valence-corrected chi connectivity index (χ4v) is 6.61. The third kappa shape index (κ3) is 8.16. The van der Waals surface area contributed by atoms with Crippen LogP contribution in [0.2, 0.25) is 0 Å². The highest BCUT2D eigenvalue weighted by Crippen LogP contribution is 2.36. The molecule has 0 radical (unpaired) electrons. The maximum atomic E-state index is 15.2. The number of nitrogens with zero attached hydrogens (tertiary/aromatic N) is 2. The average molecular weight is 606 g/mol. The first-order chi connectivity index (χ1) is 20.9. The number of benzene rings is 3. The topological polar surface area (TPSA) is 65.4 Å². The fraction of sp³-hybridized carbons (Fsp3) is 0.429. The Morgan fingerprint density at radius 1 is 1.05 bits per heavy atom. The van der Waals surface area contributed by atoms with Crippen LogP contribution >= 0.6 is 11.8 Å². The largest absolute Gasteiger partial charge is 0.488 e. The number of anilines is 1. The van der Waals surface area contributed by atoms with Crippen LogP contribution in [0.3, 0.4) is 0 Å². The second-order valence-electron chi connectivity index (χ2n) is 11.0. The number of rotatable bonds is 8. The number of nitriles is 1. The molecule has 1 N–H and O–H groups in total. The van der Waals surface area contributed by atoms with Gasteiger partial charge in [-0.05, 0) is 88.6 Å². The fourth-order valence-electron chi connectivity index (χ4n) is 5.93. The highest BCUT2D eigenvalue weighted by Gasteiger charge is 2.27. The second-order valence-corrected chi connectivity index (χ2v) is 12.1. The van der Waals surface area contributed by atoms with Gasteiger partial charge >= 0.3 is 0 Å². The lowest BCUT2D eigenvalue weighted by atomic mass is 9.86. The number of Topliss-reactive ketones (excluding diaryl/α,β-unsaturated/α-hetero) is 1. The van der Waals surface area contributed by atoms with Gasteiger partial charge in [-0.3, -0.25) is 4.79 Å². The Bertz CT molecular complexity index is 1430. The summed E-state index contributed by atoms with van der Waals surface area (Å²) < 4.78 is 34.5. The van der Waals surface area contributed by atoms with Crippen molar-refractivity contribution in [2.45, 2.75) is 63.7 Å². The highest BCUT2D eigenvalue weighted by atomic mass is 32.2. The summed E-state index contributed by atoms with van der Waals surface area (Å²) in [5.74, 6) is 0.378. The molecule has 8 heteroatoms. The van der Waals surface area contributed by atoms with Gasteiger partial charge in [-0.1, -0.05) is 37.3 Å². The Kier molecular flexibility index (Phi) is 12.0. The number of ether oxygens (including phenoxy) is 1. The summed E-state index contributed by atoms with van der Waals surface area (Å²) in [6.45, 7) is 7.27. The predicted molar refractivity (Wildman–Crippen MR) is 171 cm³/mol. The van der Waals surface area contributed by atoms with Crippen molar-refractivity contribution in [2.75, 3.05) is 37.3 Å². The number of nitrogens with one attached hydrogen (secondary N) is 1. The summed E-state index contributed by atoms with van der Waals surface area (Å²) >= 11 is 1.91. The zero-order valence-electron chi connectivity index (χ0n) is 25.3. The van der Waals surface area contributed by atoms with Crippen molar-refractivity contribution >= 4 is 23.2 Å². The van der Waals surface area contributed by atoms with Crippen molar-refractivity contribution in [2.24, 2.45) is 0 Å². The second kappa shape index (κ2) is 15.9. The molecule has 5 rings (SSSR count). The quantitative estimate of drug-likeness (QED) is 0.266. The van der Waals surface area contributed by atoms with Gasteiger partial charge in [-0.15, -0.1) is 0 Å². The Balaban J connectivity index is 0.000000199. The van der Waals surface area contributed by atoms with Crippen LogP contribution < -0.4 is 15.0 Å².